The Bertz CT molecular complexity index is 1130. The summed E-state index contributed by atoms with van der Waals surface area (Å²) in [4.78, 5) is 25.8. The predicted octanol–water partition coefficient (Wildman–Crippen LogP) is 3.30. The average molecular weight is 409 g/mol. The van der Waals surface area contributed by atoms with Crippen LogP contribution >= 0.6 is 11.3 Å². The fraction of sp³-hybridized carbons (Fsp3) is 0.0476. The number of carbonyl (C=O) groups excluding carboxylic acids is 2. The molecule has 0 bridgehead atoms. The van der Waals surface area contributed by atoms with Gasteiger partial charge in [-0.15, -0.1) is 11.3 Å². The summed E-state index contributed by atoms with van der Waals surface area (Å²) >= 11 is 1.51. The van der Waals surface area contributed by atoms with Crippen molar-refractivity contribution >= 4 is 34.9 Å². The molecule has 29 heavy (non-hydrogen) atoms. The molecule has 8 heteroatoms. The molecule has 2 N–H and O–H groups in total. The minimum Gasteiger partial charge on any atom is -0.595 e. The molecule has 7 nitrogen and oxygen atoms in total. The molecule has 0 amide bonds. The lowest BCUT2D eigenvalue weighted by atomic mass is 10.1. The maximum absolute atomic E-state index is 12.5. The van der Waals surface area contributed by atoms with Crippen LogP contribution in [0.15, 0.2) is 59.7 Å². The van der Waals surface area contributed by atoms with Crippen molar-refractivity contribution in [2.45, 2.75) is 6.92 Å². The molecule has 0 fully saturated rings. The molecule has 0 spiro atoms. The van der Waals surface area contributed by atoms with E-state index in [0.29, 0.717) is 11.3 Å². The molecule has 1 aliphatic rings. The highest BCUT2D eigenvalue weighted by molar-refractivity contribution is 7.11. The Morgan fingerprint density at radius 1 is 1.21 bits per heavy atom. The molecular formula is C21H15NO6S. The summed E-state index contributed by atoms with van der Waals surface area (Å²) in [6.07, 6.45) is 1.71. The second-order valence-electron chi connectivity index (χ2n) is 6.34. The summed E-state index contributed by atoms with van der Waals surface area (Å²) in [7, 11) is 0. The van der Waals surface area contributed by atoms with Gasteiger partial charge in [0.2, 0.25) is 5.78 Å². The van der Waals surface area contributed by atoms with Crippen molar-refractivity contribution in [3.63, 3.8) is 0 Å². The number of nitrogens with one attached hydrogen (secondary N) is 1. The number of thiophene rings is 1. The molecule has 3 aromatic rings. The van der Waals surface area contributed by atoms with Crippen molar-refractivity contribution in [2.24, 2.45) is 0 Å². The lowest BCUT2D eigenvalue weighted by Crippen LogP contribution is -2.99. The molecule has 2 aromatic carbocycles. The van der Waals surface area contributed by atoms with Crippen LogP contribution < -0.4 is 14.7 Å². The van der Waals surface area contributed by atoms with Crippen LogP contribution in [0.4, 0.5) is 5.69 Å². The first-order chi connectivity index (χ1) is 13.9. The van der Waals surface area contributed by atoms with Gasteiger partial charge in [-0.05, 0) is 48.2 Å². The maximum atomic E-state index is 12.5. The van der Waals surface area contributed by atoms with Crippen LogP contribution in [0.25, 0.3) is 6.08 Å². The summed E-state index contributed by atoms with van der Waals surface area (Å²) in [5.74, 6) is -0.108. The molecule has 0 saturated heterocycles. The molecule has 0 saturated carbocycles. The summed E-state index contributed by atoms with van der Waals surface area (Å²) in [5, 5.41) is 20.7. The number of fused-ring (bicyclic) bond motifs is 1. The second-order valence-corrected chi connectivity index (χ2v) is 7.29. The first-order valence-corrected chi connectivity index (χ1v) is 9.48. The van der Waals surface area contributed by atoms with Crippen molar-refractivity contribution < 1.29 is 29.5 Å². The fourth-order valence-corrected chi connectivity index (χ4v) is 3.64. The SMILES string of the molecule is Cc1ccsc1C=C1Oc2cc(OC(=O)c3ccc([NH+]([O-])O)cc3)ccc2C1=O. The van der Waals surface area contributed by atoms with Crippen molar-refractivity contribution in [3.8, 4) is 11.5 Å². The Morgan fingerprint density at radius 3 is 2.62 bits per heavy atom. The third-order valence-electron chi connectivity index (χ3n) is 4.38. The van der Waals surface area contributed by atoms with Gasteiger partial charge in [-0.3, -0.25) is 4.79 Å². The highest BCUT2D eigenvalue weighted by atomic mass is 32.1. The topological polar surface area (TPSA) is 100 Å². The highest BCUT2D eigenvalue weighted by Gasteiger charge is 2.28. The standard InChI is InChI=1S/C21H15NO6S/c1-12-8-9-29-19(12)11-18-20(23)16-7-6-15(10-17(16)28-18)27-21(24)13-2-4-14(5-3-13)22(25)26/h2-11,22,25H,1H3. The molecule has 1 aliphatic heterocycles. The quantitative estimate of drug-likeness (QED) is 0.297. The van der Waals surface area contributed by atoms with Gasteiger partial charge in [-0.1, -0.05) is 0 Å². The number of Topliss-reactive ketones (excluding diaryl/α,β-unsaturated/α-hetero) is 1. The van der Waals surface area contributed by atoms with Crippen molar-refractivity contribution in [1.82, 2.24) is 0 Å². The number of ketones is 1. The Morgan fingerprint density at radius 2 is 1.97 bits per heavy atom. The molecule has 2 heterocycles. The van der Waals surface area contributed by atoms with E-state index in [2.05, 4.69) is 0 Å². The number of benzene rings is 2. The van der Waals surface area contributed by atoms with Gasteiger partial charge in [0.25, 0.3) is 0 Å². The fourth-order valence-electron chi connectivity index (χ4n) is 2.80. The van der Waals surface area contributed by atoms with E-state index in [9.17, 15) is 14.8 Å². The van der Waals surface area contributed by atoms with Gasteiger partial charge >= 0.3 is 5.97 Å². The highest BCUT2D eigenvalue weighted by Crippen LogP contribution is 2.35. The van der Waals surface area contributed by atoms with Gasteiger partial charge in [0.1, 0.15) is 11.5 Å². The van der Waals surface area contributed by atoms with Crippen LogP contribution in [0.3, 0.4) is 0 Å². The van der Waals surface area contributed by atoms with E-state index in [1.54, 1.807) is 12.1 Å². The minimum atomic E-state index is -1.08. The number of quaternary nitrogens is 1. The summed E-state index contributed by atoms with van der Waals surface area (Å²) in [6, 6.07) is 11.9. The molecule has 0 radical (unpaired) electrons. The number of ether oxygens (including phenoxy) is 2. The zero-order valence-corrected chi connectivity index (χ0v) is 16.0. The monoisotopic (exact) mass is 409 g/mol. The summed E-state index contributed by atoms with van der Waals surface area (Å²) < 4.78 is 11.0. The van der Waals surface area contributed by atoms with Gasteiger partial charge in [0, 0.05) is 29.2 Å². The zero-order chi connectivity index (χ0) is 20.5. The molecule has 4 rings (SSSR count). The first kappa shape index (κ1) is 19.0. The lowest BCUT2D eigenvalue weighted by Gasteiger charge is -2.11. The first-order valence-electron chi connectivity index (χ1n) is 8.60. The van der Waals surface area contributed by atoms with E-state index in [0.717, 1.165) is 10.4 Å². The van der Waals surface area contributed by atoms with Crippen LogP contribution in [0.5, 0.6) is 11.5 Å². The summed E-state index contributed by atoms with van der Waals surface area (Å²) in [6.45, 7) is 1.95. The maximum Gasteiger partial charge on any atom is 0.343 e. The third kappa shape index (κ3) is 3.82. The zero-order valence-electron chi connectivity index (χ0n) is 15.2. The number of carbonyl (C=O) groups is 2. The van der Waals surface area contributed by atoms with E-state index < -0.39 is 11.2 Å². The Balaban J connectivity index is 1.52. The van der Waals surface area contributed by atoms with Gasteiger partial charge in [0.05, 0.1) is 11.1 Å². The number of allylic oxidation sites excluding steroid dienone is 1. The molecule has 146 valence electrons. The van der Waals surface area contributed by atoms with Crippen molar-refractivity contribution in [2.75, 3.05) is 0 Å². The minimum absolute atomic E-state index is 0.0753. The normalized spacial score (nSPS) is 15.1. The number of rotatable bonds is 4. The van der Waals surface area contributed by atoms with E-state index in [4.69, 9.17) is 14.7 Å². The van der Waals surface area contributed by atoms with Crippen LogP contribution in [0.2, 0.25) is 0 Å². The summed E-state index contributed by atoms with van der Waals surface area (Å²) in [5.41, 5.74) is 1.74. The Labute approximate surface area is 169 Å². The predicted molar refractivity (Wildman–Crippen MR) is 106 cm³/mol. The van der Waals surface area contributed by atoms with E-state index in [1.165, 1.54) is 47.7 Å². The van der Waals surface area contributed by atoms with Gasteiger partial charge < -0.3 is 14.7 Å². The molecule has 1 unspecified atom stereocenters. The second kappa shape index (κ2) is 7.61. The molecule has 1 atom stereocenters. The Hall–Kier alpha value is -3.30. The van der Waals surface area contributed by atoms with E-state index in [1.807, 2.05) is 18.4 Å². The number of hydrogen-bond donors (Lipinski definition) is 2. The lowest BCUT2D eigenvalue weighted by molar-refractivity contribution is -0.991. The molecule has 1 aromatic heterocycles. The largest absolute Gasteiger partial charge is 0.595 e. The smallest absolute Gasteiger partial charge is 0.343 e. The van der Waals surface area contributed by atoms with Crippen LogP contribution in [0, 0.1) is 12.1 Å². The van der Waals surface area contributed by atoms with Gasteiger partial charge in [0.15, 0.2) is 11.4 Å². The van der Waals surface area contributed by atoms with Crippen molar-refractivity contribution in [3.05, 3.63) is 86.4 Å². The van der Waals surface area contributed by atoms with Gasteiger partial charge in [-0.25, -0.2) is 10.0 Å². The average Bonchev–Trinajstić information content (AvgIpc) is 3.25. The van der Waals surface area contributed by atoms with Gasteiger partial charge in [-0.2, -0.15) is 5.23 Å². The Kier molecular flexibility index (Phi) is 4.99. The van der Waals surface area contributed by atoms with Crippen molar-refractivity contribution in [1.29, 1.82) is 0 Å². The van der Waals surface area contributed by atoms with Crippen LogP contribution in [0.1, 0.15) is 31.2 Å². The number of aryl methyl sites for hydroxylation is 1. The van der Waals surface area contributed by atoms with Crippen LogP contribution in [-0.4, -0.2) is 17.0 Å². The van der Waals surface area contributed by atoms with Crippen LogP contribution in [-0.2, 0) is 0 Å². The molecule has 0 aliphatic carbocycles. The van der Waals surface area contributed by atoms with E-state index in [-0.39, 0.29) is 28.5 Å². The molecular weight excluding hydrogens is 394 g/mol. The van der Waals surface area contributed by atoms with E-state index >= 15 is 0 Å². The number of esters is 1. The number of hydrogen-bond acceptors (Lipinski definition) is 7. The third-order valence-corrected chi connectivity index (χ3v) is 5.35.